The molecule has 4 nitrogen and oxygen atoms in total. The van der Waals surface area contributed by atoms with Crippen molar-refractivity contribution < 1.29 is 9.53 Å². The minimum atomic E-state index is -0.220. The number of halogens is 1. The van der Waals surface area contributed by atoms with Crippen LogP contribution in [0.3, 0.4) is 0 Å². The summed E-state index contributed by atoms with van der Waals surface area (Å²) in [4.78, 5) is 16.4. The lowest BCUT2D eigenvalue weighted by Gasteiger charge is -2.09. The van der Waals surface area contributed by atoms with Gasteiger partial charge in [0.05, 0.1) is 22.8 Å². The highest BCUT2D eigenvalue weighted by atomic mass is 35.5. The molecule has 0 saturated heterocycles. The summed E-state index contributed by atoms with van der Waals surface area (Å²) in [7, 11) is 1.56. The van der Waals surface area contributed by atoms with E-state index in [4.69, 9.17) is 16.3 Å². The van der Waals surface area contributed by atoms with Crippen LogP contribution < -0.4 is 10.1 Å². The summed E-state index contributed by atoms with van der Waals surface area (Å²) in [6.45, 7) is 2.04. The highest BCUT2D eigenvalue weighted by Gasteiger charge is 2.10. The van der Waals surface area contributed by atoms with E-state index in [1.165, 1.54) is 0 Å². The minimum absolute atomic E-state index is 0.220. The fraction of sp³-hybridized carbons (Fsp3) is 0.200. The predicted molar refractivity (Wildman–Crippen MR) is 86.6 cm³/mol. The molecule has 1 aromatic carbocycles. The molecule has 0 unspecified atom stereocenters. The van der Waals surface area contributed by atoms with E-state index in [1.807, 2.05) is 6.92 Å². The van der Waals surface area contributed by atoms with E-state index in [2.05, 4.69) is 10.3 Å². The van der Waals surface area contributed by atoms with E-state index in [9.17, 15) is 4.79 Å². The summed E-state index contributed by atoms with van der Waals surface area (Å²) >= 11 is 7.70. The second-order valence-electron chi connectivity index (χ2n) is 4.12. The van der Waals surface area contributed by atoms with Crippen molar-refractivity contribution in [2.45, 2.75) is 11.9 Å². The zero-order valence-corrected chi connectivity index (χ0v) is 13.3. The van der Waals surface area contributed by atoms with Crippen LogP contribution in [0.5, 0.6) is 5.75 Å². The number of hydrogen-bond acceptors (Lipinski definition) is 4. The maximum Gasteiger partial charge on any atom is 0.255 e. The van der Waals surface area contributed by atoms with Gasteiger partial charge in [-0.15, -0.1) is 11.8 Å². The lowest BCUT2D eigenvalue weighted by molar-refractivity contribution is 0.102. The molecule has 0 radical (unpaired) electrons. The van der Waals surface area contributed by atoms with Gasteiger partial charge in [-0.25, -0.2) is 4.98 Å². The van der Waals surface area contributed by atoms with Gasteiger partial charge in [0.1, 0.15) is 5.75 Å². The molecule has 0 bridgehead atoms. The van der Waals surface area contributed by atoms with Crippen LogP contribution in [0.25, 0.3) is 0 Å². The Bertz CT molecular complexity index is 649. The van der Waals surface area contributed by atoms with E-state index >= 15 is 0 Å². The Morgan fingerprint density at radius 3 is 2.86 bits per heavy atom. The number of pyridine rings is 1. The molecule has 0 aliphatic heterocycles. The number of benzene rings is 1. The van der Waals surface area contributed by atoms with Crippen LogP contribution in [0, 0.1) is 0 Å². The predicted octanol–water partition coefficient (Wildman–Crippen LogP) is 4.11. The van der Waals surface area contributed by atoms with Crippen LogP contribution in [-0.4, -0.2) is 23.8 Å². The van der Waals surface area contributed by atoms with Gasteiger partial charge in [0.15, 0.2) is 0 Å². The first kappa shape index (κ1) is 15.7. The largest absolute Gasteiger partial charge is 0.497 e. The van der Waals surface area contributed by atoms with E-state index < -0.39 is 0 Å². The number of aromatic nitrogens is 1. The van der Waals surface area contributed by atoms with Gasteiger partial charge in [-0.3, -0.25) is 4.79 Å². The first-order valence-electron chi connectivity index (χ1n) is 6.37. The van der Waals surface area contributed by atoms with Gasteiger partial charge in [0.2, 0.25) is 0 Å². The van der Waals surface area contributed by atoms with Gasteiger partial charge in [-0.2, -0.15) is 0 Å². The fourth-order valence-corrected chi connectivity index (χ4v) is 2.56. The second-order valence-corrected chi connectivity index (χ2v) is 5.81. The Labute approximate surface area is 132 Å². The first-order chi connectivity index (χ1) is 10.1. The molecular formula is C15H15ClN2O2S. The van der Waals surface area contributed by atoms with Crippen molar-refractivity contribution in [3.63, 3.8) is 0 Å². The Morgan fingerprint density at radius 2 is 2.19 bits per heavy atom. The zero-order valence-electron chi connectivity index (χ0n) is 11.7. The van der Waals surface area contributed by atoms with Crippen molar-refractivity contribution in [3.05, 3.63) is 47.1 Å². The smallest absolute Gasteiger partial charge is 0.255 e. The van der Waals surface area contributed by atoms with Crippen molar-refractivity contribution >= 4 is 35.0 Å². The molecule has 21 heavy (non-hydrogen) atoms. The van der Waals surface area contributed by atoms with Crippen LogP contribution >= 0.6 is 23.4 Å². The topological polar surface area (TPSA) is 51.2 Å². The van der Waals surface area contributed by atoms with Crippen LogP contribution in [0.15, 0.2) is 41.6 Å². The Kier molecular flexibility index (Phi) is 5.47. The number of rotatable bonds is 5. The number of nitrogens with one attached hydrogen (secondary N) is 1. The number of nitrogens with zero attached hydrogens (tertiary/aromatic N) is 1. The van der Waals surface area contributed by atoms with Gasteiger partial charge in [0.25, 0.3) is 5.91 Å². The zero-order chi connectivity index (χ0) is 15.2. The van der Waals surface area contributed by atoms with E-state index in [1.54, 1.807) is 55.4 Å². The normalized spacial score (nSPS) is 10.2. The Morgan fingerprint density at radius 1 is 1.38 bits per heavy atom. The molecule has 0 aliphatic rings. The molecule has 1 heterocycles. The molecule has 1 aromatic heterocycles. The molecule has 2 aromatic rings. The summed E-state index contributed by atoms with van der Waals surface area (Å²) in [6, 6.07) is 8.55. The summed E-state index contributed by atoms with van der Waals surface area (Å²) in [5.74, 6) is 1.33. The lowest BCUT2D eigenvalue weighted by atomic mass is 10.2. The van der Waals surface area contributed by atoms with Gasteiger partial charge < -0.3 is 10.1 Å². The molecule has 0 aliphatic carbocycles. The van der Waals surface area contributed by atoms with Crippen molar-refractivity contribution in [2.75, 3.05) is 18.2 Å². The van der Waals surface area contributed by atoms with Gasteiger partial charge >= 0.3 is 0 Å². The maximum atomic E-state index is 12.2. The van der Waals surface area contributed by atoms with Crippen LogP contribution in [0.2, 0.25) is 5.02 Å². The van der Waals surface area contributed by atoms with Gasteiger partial charge in [0, 0.05) is 17.8 Å². The SMILES string of the molecule is CCSc1cc(C(=O)Nc2ccc(OC)cc2Cl)ccn1. The molecule has 0 saturated carbocycles. The molecule has 0 atom stereocenters. The number of amides is 1. The van der Waals surface area contributed by atoms with Crippen molar-refractivity contribution in [2.24, 2.45) is 0 Å². The number of hydrogen-bond donors (Lipinski definition) is 1. The number of carbonyl (C=O) groups excluding carboxylic acids is 1. The molecule has 1 amide bonds. The first-order valence-corrected chi connectivity index (χ1v) is 7.74. The summed E-state index contributed by atoms with van der Waals surface area (Å²) in [6.07, 6.45) is 1.63. The number of thioether (sulfide) groups is 1. The molecule has 0 fully saturated rings. The summed E-state index contributed by atoms with van der Waals surface area (Å²) in [5, 5.41) is 4.04. The van der Waals surface area contributed by atoms with Gasteiger partial charge in [-0.1, -0.05) is 18.5 Å². The van der Waals surface area contributed by atoms with E-state index in [-0.39, 0.29) is 5.91 Å². The monoisotopic (exact) mass is 322 g/mol. The summed E-state index contributed by atoms with van der Waals surface area (Å²) < 4.78 is 5.07. The van der Waals surface area contributed by atoms with E-state index in [0.29, 0.717) is 22.0 Å². The standard InChI is InChI=1S/C15H15ClN2O2S/c1-3-21-14-8-10(6-7-17-14)15(19)18-13-5-4-11(20-2)9-12(13)16/h4-9H,3H2,1-2H3,(H,18,19). The maximum absolute atomic E-state index is 12.2. The third-order valence-electron chi connectivity index (χ3n) is 2.71. The van der Waals surface area contributed by atoms with Crippen molar-refractivity contribution in [1.29, 1.82) is 0 Å². The third kappa shape index (κ3) is 4.12. The number of methoxy groups -OCH3 is 1. The number of ether oxygens (including phenoxy) is 1. The quantitative estimate of drug-likeness (QED) is 0.842. The molecule has 1 N–H and O–H groups in total. The average molecular weight is 323 g/mol. The highest BCUT2D eigenvalue weighted by Crippen LogP contribution is 2.27. The Hall–Kier alpha value is -1.72. The van der Waals surface area contributed by atoms with E-state index in [0.717, 1.165) is 10.8 Å². The van der Waals surface area contributed by atoms with Crippen LogP contribution in [0.1, 0.15) is 17.3 Å². The molecule has 110 valence electrons. The second kappa shape index (κ2) is 7.33. The van der Waals surface area contributed by atoms with Crippen LogP contribution in [0.4, 0.5) is 5.69 Å². The van der Waals surface area contributed by atoms with Crippen LogP contribution in [-0.2, 0) is 0 Å². The number of anilines is 1. The fourth-order valence-electron chi connectivity index (χ4n) is 1.70. The summed E-state index contributed by atoms with van der Waals surface area (Å²) in [5.41, 5.74) is 1.09. The molecule has 2 rings (SSSR count). The van der Waals surface area contributed by atoms with Gasteiger partial charge in [-0.05, 0) is 30.0 Å². The molecule has 0 spiro atoms. The highest BCUT2D eigenvalue weighted by molar-refractivity contribution is 7.99. The Balaban J connectivity index is 2.16. The minimum Gasteiger partial charge on any atom is -0.497 e. The average Bonchev–Trinajstić information content (AvgIpc) is 2.50. The lowest BCUT2D eigenvalue weighted by Crippen LogP contribution is -2.12. The third-order valence-corrected chi connectivity index (χ3v) is 3.83. The molecule has 6 heteroatoms. The molecular weight excluding hydrogens is 308 g/mol. The van der Waals surface area contributed by atoms with Crippen molar-refractivity contribution in [3.8, 4) is 5.75 Å². The number of carbonyl (C=O) groups is 1. The van der Waals surface area contributed by atoms with Crippen molar-refractivity contribution in [1.82, 2.24) is 4.98 Å².